The average Bonchev–Trinajstić information content (AvgIpc) is 3.73. The summed E-state index contributed by atoms with van der Waals surface area (Å²) < 4.78 is 94.5. The Labute approximate surface area is 255 Å². The number of halogens is 2. The van der Waals surface area contributed by atoms with Crippen molar-refractivity contribution in [3.63, 3.8) is 0 Å². The second-order valence-corrected chi connectivity index (χ2v) is 15.6. The number of nitrogens with zero attached hydrogens (tertiary/aromatic N) is 8. The summed E-state index contributed by atoms with van der Waals surface area (Å²) in [4.78, 5) is 24.0. The highest BCUT2D eigenvalue weighted by atomic mass is 32.7. The van der Waals surface area contributed by atoms with E-state index in [1.54, 1.807) is 0 Å². The first-order valence-corrected chi connectivity index (χ1v) is 18.1. The molecular formula is C20H22F2N10O8P2S2. The highest BCUT2D eigenvalue weighted by Crippen LogP contribution is 2.60. The van der Waals surface area contributed by atoms with Crippen LogP contribution in [0.3, 0.4) is 0 Å². The van der Waals surface area contributed by atoms with Crippen LogP contribution in [0.5, 0.6) is 0 Å². The molecule has 0 aliphatic carbocycles. The van der Waals surface area contributed by atoms with Crippen molar-refractivity contribution in [2.75, 3.05) is 24.7 Å². The molecule has 3 aliphatic rings. The summed E-state index contributed by atoms with van der Waals surface area (Å²) in [6.45, 7) is -10.1. The lowest BCUT2D eigenvalue weighted by molar-refractivity contribution is -0.0544. The standard InChI is InChI=1S/C20H22F2N10O8P2S2/c21-9-13-7(37-19(9)31-5-29-11-15(23)25-3-27-17(11)31)1-35-41(33,43)40-14-8(2-36-42(34,44)39-13)38-20(10(14)22)32-6-30-12-16(24)26-4-28-18(12)32/h3-10,13-14,19-20H,1-2H2,(H,33,43)(H,34,44)(H2,23,25,27)(H2,24,26,28)/t7?,8?,9-,10-,13+,14+,19+,20+,41-,42+/m0/s1. The largest absolute Gasteiger partial charge is 0.386 e. The number of aromatic nitrogens is 8. The number of rotatable bonds is 2. The van der Waals surface area contributed by atoms with Crippen molar-refractivity contribution in [2.24, 2.45) is 0 Å². The molecule has 4 aromatic rings. The SMILES string of the molecule is Nc1ncnc2c1ncn2[C@@H]1OC2CO[P@@](=O)(S)O[C@@H]3C(CO[P@](=O)(S)O[C@H]2[C@@H]1F)O[C@@H](n1cnc2c(N)ncnc21)[C@H]3F. The minimum atomic E-state index is -4.39. The van der Waals surface area contributed by atoms with Gasteiger partial charge in [-0.15, -0.1) is 0 Å². The number of alkyl halides is 2. The summed E-state index contributed by atoms with van der Waals surface area (Å²) in [7, 11) is 0. The van der Waals surface area contributed by atoms with E-state index in [0.29, 0.717) is 0 Å². The Morgan fingerprint density at radius 2 is 1.14 bits per heavy atom. The summed E-state index contributed by atoms with van der Waals surface area (Å²) in [6.07, 6.45) is -8.12. The second-order valence-electron chi connectivity index (χ2n) is 9.85. The molecular weight excluding hydrogens is 672 g/mol. The first-order valence-electron chi connectivity index (χ1n) is 12.7. The van der Waals surface area contributed by atoms with Crippen LogP contribution in [0, 0.1) is 0 Å². The highest BCUT2D eigenvalue weighted by molar-refractivity contribution is 8.44. The van der Waals surface area contributed by atoms with E-state index in [1.165, 1.54) is 21.8 Å². The Hall–Kier alpha value is -2.52. The van der Waals surface area contributed by atoms with Crippen LogP contribution in [-0.4, -0.2) is 89.0 Å². The summed E-state index contributed by atoms with van der Waals surface area (Å²) in [5, 5.41) is 0. The average molecular weight is 695 g/mol. The number of fused-ring (bicyclic) bond motifs is 4. The molecule has 3 aliphatic heterocycles. The van der Waals surface area contributed by atoms with Gasteiger partial charge >= 0.3 is 13.6 Å². The van der Waals surface area contributed by atoms with Gasteiger partial charge in [-0.05, 0) is 0 Å². The van der Waals surface area contributed by atoms with Gasteiger partial charge < -0.3 is 20.9 Å². The van der Waals surface area contributed by atoms with Crippen LogP contribution in [0.25, 0.3) is 22.3 Å². The van der Waals surface area contributed by atoms with Crippen LogP contribution in [0.2, 0.25) is 0 Å². The van der Waals surface area contributed by atoms with E-state index in [0.717, 1.165) is 12.7 Å². The fraction of sp³-hybridized carbons (Fsp3) is 0.500. The lowest BCUT2D eigenvalue weighted by Gasteiger charge is -2.28. The number of nitrogen functional groups attached to an aromatic ring is 2. The van der Waals surface area contributed by atoms with Gasteiger partial charge in [-0.3, -0.25) is 27.2 Å². The number of thiol groups is 2. The quantitative estimate of drug-likeness (QED) is 0.174. The van der Waals surface area contributed by atoms with E-state index in [2.05, 4.69) is 54.4 Å². The van der Waals surface area contributed by atoms with Crippen molar-refractivity contribution in [1.29, 1.82) is 0 Å². The lowest BCUT2D eigenvalue weighted by atomic mass is 10.1. The zero-order valence-electron chi connectivity index (χ0n) is 21.9. The molecule has 0 bridgehead atoms. The van der Waals surface area contributed by atoms with E-state index in [1.807, 2.05) is 0 Å². The minimum Gasteiger partial charge on any atom is -0.382 e. The summed E-state index contributed by atoms with van der Waals surface area (Å²) >= 11 is 7.99. The summed E-state index contributed by atoms with van der Waals surface area (Å²) in [5.74, 6) is 0.101. The molecule has 0 spiro atoms. The molecule has 0 saturated carbocycles. The van der Waals surface area contributed by atoms with Crippen LogP contribution in [-0.2, 0) is 36.7 Å². The second kappa shape index (κ2) is 11.1. The molecule has 18 nitrogen and oxygen atoms in total. The van der Waals surface area contributed by atoms with Crippen LogP contribution >= 0.6 is 38.1 Å². The molecule has 4 aromatic heterocycles. The van der Waals surface area contributed by atoms with Gasteiger partial charge in [0.2, 0.25) is 0 Å². The monoisotopic (exact) mass is 694 g/mol. The maximum atomic E-state index is 16.0. The third kappa shape index (κ3) is 5.25. The van der Waals surface area contributed by atoms with E-state index in [4.69, 9.17) is 39.0 Å². The molecule has 2 unspecified atom stereocenters. The van der Waals surface area contributed by atoms with E-state index < -0.39 is 76.0 Å². The van der Waals surface area contributed by atoms with Gasteiger partial charge in [0.15, 0.2) is 47.7 Å². The number of imidazole rings is 2. The van der Waals surface area contributed by atoms with Crippen LogP contribution < -0.4 is 11.5 Å². The maximum absolute atomic E-state index is 16.0. The molecule has 24 heteroatoms. The van der Waals surface area contributed by atoms with Crippen molar-refractivity contribution >= 4 is 72.1 Å². The third-order valence-electron chi connectivity index (χ3n) is 7.17. The zero-order valence-corrected chi connectivity index (χ0v) is 25.5. The van der Waals surface area contributed by atoms with Crippen LogP contribution in [0.15, 0.2) is 25.3 Å². The van der Waals surface area contributed by atoms with Crippen molar-refractivity contribution in [3.8, 4) is 0 Å². The Morgan fingerprint density at radius 3 is 1.55 bits per heavy atom. The van der Waals surface area contributed by atoms with E-state index >= 15 is 8.78 Å². The molecule has 7 heterocycles. The van der Waals surface area contributed by atoms with Crippen molar-refractivity contribution in [1.82, 2.24) is 39.0 Å². The van der Waals surface area contributed by atoms with Crippen molar-refractivity contribution < 1.29 is 45.5 Å². The molecule has 0 aromatic carbocycles. The van der Waals surface area contributed by atoms with Gasteiger partial charge in [-0.25, -0.2) is 47.8 Å². The van der Waals surface area contributed by atoms with Crippen molar-refractivity contribution in [3.05, 3.63) is 25.3 Å². The first kappa shape index (κ1) is 30.2. The van der Waals surface area contributed by atoms with Gasteiger partial charge in [0.05, 0.1) is 25.9 Å². The van der Waals surface area contributed by atoms with Crippen LogP contribution in [0.4, 0.5) is 20.4 Å². The molecule has 0 radical (unpaired) electrons. The molecule has 3 fully saturated rings. The molecule has 4 N–H and O–H groups in total. The fourth-order valence-corrected chi connectivity index (χ4v) is 8.14. The van der Waals surface area contributed by atoms with E-state index in [-0.39, 0.29) is 34.0 Å². The first-order chi connectivity index (χ1) is 20.9. The number of anilines is 2. The highest BCUT2D eigenvalue weighted by Gasteiger charge is 2.54. The Morgan fingerprint density at radius 1 is 0.727 bits per heavy atom. The summed E-state index contributed by atoms with van der Waals surface area (Å²) in [6, 6.07) is 0. The molecule has 44 heavy (non-hydrogen) atoms. The maximum Gasteiger partial charge on any atom is 0.386 e. The normalized spacial score (nSPS) is 38.3. The zero-order chi connectivity index (χ0) is 31.0. The predicted molar refractivity (Wildman–Crippen MR) is 152 cm³/mol. The number of nitrogens with two attached hydrogens (primary N) is 2. The lowest BCUT2D eigenvalue weighted by Crippen LogP contribution is -2.36. The molecule has 7 rings (SSSR count). The van der Waals surface area contributed by atoms with Gasteiger partial charge in [0.1, 0.15) is 48.1 Å². The molecule has 236 valence electrons. The van der Waals surface area contributed by atoms with Gasteiger partial charge in [-0.1, -0.05) is 24.5 Å². The van der Waals surface area contributed by atoms with Gasteiger partial charge in [-0.2, -0.15) is 0 Å². The number of ether oxygens (including phenoxy) is 2. The van der Waals surface area contributed by atoms with Crippen molar-refractivity contribution in [2.45, 2.75) is 49.2 Å². The molecule has 10 atom stereocenters. The van der Waals surface area contributed by atoms with Crippen LogP contribution in [0.1, 0.15) is 12.5 Å². The van der Waals surface area contributed by atoms with E-state index in [9.17, 15) is 9.13 Å². The Balaban J connectivity index is 1.17. The summed E-state index contributed by atoms with van der Waals surface area (Å²) in [5.41, 5.74) is 12.3. The molecule has 0 amide bonds. The fourth-order valence-electron chi connectivity index (χ4n) is 5.17. The van der Waals surface area contributed by atoms with Gasteiger partial charge in [0.25, 0.3) is 0 Å². The smallest absolute Gasteiger partial charge is 0.382 e. The third-order valence-corrected chi connectivity index (χ3v) is 10.4. The predicted octanol–water partition coefficient (Wildman–Crippen LogP) is 2.19. The number of hydrogen-bond acceptors (Lipinski definition) is 16. The van der Waals surface area contributed by atoms with Gasteiger partial charge in [0, 0.05) is 0 Å². The Bertz CT molecular complexity index is 1710. The molecule has 3 saturated heterocycles. The number of hydrogen-bond donors (Lipinski definition) is 4. The Kier molecular flexibility index (Phi) is 7.59. The topological polar surface area (TPSA) is 229 Å². The minimum absolute atomic E-state index is 0.0504.